The van der Waals surface area contributed by atoms with E-state index in [4.69, 9.17) is 0 Å². The van der Waals surface area contributed by atoms with Crippen LogP contribution in [-0.4, -0.2) is 10.1 Å². The lowest BCUT2D eigenvalue weighted by Crippen LogP contribution is -2.26. The molecular weight excluding hydrogens is 356 g/mol. The van der Waals surface area contributed by atoms with Gasteiger partial charge in [0.25, 0.3) is 0 Å². The summed E-state index contributed by atoms with van der Waals surface area (Å²) in [6.45, 7) is 9.22. The maximum absolute atomic E-state index is 13.1. The number of carbonyl (C=O) groups excluding carboxylic acids is 1. The Labute approximate surface area is 155 Å². The van der Waals surface area contributed by atoms with Crippen molar-refractivity contribution in [3.63, 3.8) is 0 Å². The number of halogens is 2. The zero-order valence-electron chi connectivity index (χ0n) is 15.1. The van der Waals surface area contributed by atoms with Crippen LogP contribution >= 0.6 is 0 Å². The van der Waals surface area contributed by atoms with Crippen molar-refractivity contribution in [3.8, 4) is 0 Å². The van der Waals surface area contributed by atoms with Gasteiger partial charge in [0.05, 0.1) is 4.90 Å². The summed E-state index contributed by atoms with van der Waals surface area (Å²) >= 11 is 0. The first-order valence-corrected chi connectivity index (χ1v) is 9.23. The van der Waals surface area contributed by atoms with Gasteiger partial charge in [0.15, 0.2) is 22.6 Å². The average molecular weight is 379 g/mol. The number of hydrogen-bond donors (Lipinski definition) is 1. The van der Waals surface area contributed by atoms with Gasteiger partial charge >= 0.3 is 0 Å². The second-order valence-electron chi connectivity index (χ2n) is 5.71. The number of allylic oxidation sites excluding steroid dienone is 1. The van der Waals surface area contributed by atoms with E-state index in [0.29, 0.717) is 6.42 Å². The van der Waals surface area contributed by atoms with Gasteiger partial charge in [0, 0.05) is 6.42 Å². The summed E-state index contributed by atoms with van der Waals surface area (Å²) in [5, 5.41) is 0. The van der Waals surface area contributed by atoms with Crippen LogP contribution in [0.2, 0.25) is 0 Å². The van der Waals surface area contributed by atoms with Crippen LogP contribution in [0.3, 0.4) is 0 Å². The molecule has 2 rings (SSSR count). The Balaban J connectivity index is 0.00000105. The second-order valence-corrected chi connectivity index (χ2v) is 6.92. The van der Waals surface area contributed by atoms with Crippen LogP contribution < -0.4 is 4.72 Å². The molecule has 3 nitrogen and oxygen atoms in total. The number of amides is 1. The third-order valence-electron chi connectivity index (χ3n) is 3.43. The van der Waals surface area contributed by atoms with Gasteiger partial charge in [0.2, 0.25) is 5.91 Å². The molecule has 0 heterocycles. The normalized spacial score (nSPS) is 11.1. The summed E-state index contributed by atoms with van der Waals surface area (Å²) in [6, 6.07) is 8.84. The monoisotopic (exact) mass is 379 g/mol. The Morgan fingerprint density at radius 3 is 2.38 bits per heavy atom. The summed E-state index contributed by atoms with van der Waals surface area (Å²) in [5.41, 5.74) is 3.29. The number of rotatable bonds is 5. The zero-order valence-corrected chi connectivity index (χ0v) is 16.0. The first-order valence-electron chi connectivity index (χ1n) is 8.08. The van der Waals surface area contributed by atoms with Crippen LogP contribution in [0.5, 0.6) is 0 Å². The predicted molar refractivity (Wildman–Crippen MR) is 101 cm³/mol. The van der Waals surface area contributed by atoms with E-state index < -0.39 is 28.5 Å². The molecule has 6 heteroatoms. The Morgan fingerprint density at radius 2 is 1.81 bits per heavy atom. The fourth-order valence-electron chi connectivity index (χ4n) is 2.18. The Kier molecular flexibility index (Phi) is 8.85. The van der Waals surface area contributed by atoms with Crippen molar-refractivity contribution in [2.45, 2.75) is 38.5 Å². The van der Waals surface area contributed by atoms with Crippen molar-refractivity contribution >= 4 is 16.9 Å². The maximum Gasteiger partial charge on any atom is 0.232 e. The molecular formula is C20H23F2NO2S. The molecule has 26 heavy (non-hydrogen) atoms. The first kappa shape index (κ1) is 21.7. The van der Waals surface area contributed by atoms with Gasteiger partial charge in [-0.15, -0.1) is 6.58 Å². The minimum absolute atomic E-state index is 0.0174. The Bertz CT molecular complexity index is 806. The van der Waals surface area contributed by atoms with Gasteiger partial charge in [0.1, 0.15) is 0 Å². The van der Waals surface area contributed by atoms with Crippen LogP contribution in [0.25, 0.3) is 0 Å². The maximum atomic E-state index is 13.1. The number of benzene rings is 2. The van der Waals surface area contributed by atoms with Crippen molar-refractivity contribution < 1.29 is 17.8 Å². The highest BCUT2D eigenvalue weighted by Crippen LogP contribution is 2.14. The van der Waals surface area contributed by atoms with E-state index >= 15 is 0 Å². The van der Waals surface area contributed by atoms with Crippen molar-refractivity contribution in [2.75, 3.05) is 0 Å². The molecule has 0 aliphatic rings. The van der Waals surface area contributed by atoms with E-state index in [9.17, 15) is 17.8 Å². The first-order chi connectivity index (χ1) is 12.3. The van der Waals surface area contributed by atoms with Gasteiger partial charge in [-0.1, -0.05) is 29.8 Å². The summed E-state index contributed by atoms with van der Waals surface area (Å²) in [4.78, 5) is 11.9. The molecule has 0 saturated carbocycles. The molecule has 0 fully saturated rings. The zero-order chi connectivity index (χ0) is 19.7. The summed E-state index contributed by atoms with van der Waals surface area (Å²) < 4.78 is 40.2. The van der Waals surface area contributed by atoms with Gasteiger partial charge in [-0.25, -0.2) is 13.0 Å². The molecule has 0 aliphatic heterocycles. The fraction of sp³-hybridized carbons (Fsp3) is 0.250. The Hall–Kier alpha value is -2.34. The summed E-state index contributed by atoms with van der Waals surface area (Å²) in [5.74, 6) is -2.53. The van der Waals surface area contributed by atoms with Crippen LogP contribution in [0, 0.1) is 25.5 Å². The van der Waals surface area contributed by atoms with Crippen LogP contribution in [0.15, 0.2) is 53.9 Å². The average Bonchev–Trinajstić information content (AvgIpc) is 2.57. The summed E-state index contributed by atoms with van der Waals surface area (Å²) in [7, 11) is -1.91. The van der Waals surface area contributed by atoms with E-state index in [2.05, 4.69) is 11.3 Å². The number of hydrogen-bond acceptors (Lipinski definition) is 2. The van der Waals surface area contributed by atoms with Crippen LogP contribution in [0.1, 0.15) is 30.0 Å². The van der Waals surface area contributed by atoms with E-state index in [-0.39, 0.29) is 11.3 Å². The van der Waals surface area contributed by atoms with Crippen molar-refractivity contribution in [2.24, 2.45) is 0 Å². The lowest BCUT2D eigenvalue weighted by Gasteiger charge is -2.08. The van der Waals surface area contributed by atoms with Crippen molar-refractivity contribution in [3.05, 3.63) is 77.4 Å². The number of carbonyl (C=O) groups is 1. The standard InChI is InChI=1S/C17H17F2NO2S.C3H6/c1-11-3-4-13(12(2)9-11)5-8-17(21)20-23(22)14-6-7-15(18)16(19)10-14;1-3-2/h3-4,6-7,9-10H,5,8H2,1-2H3,(H,20,21);3H,1H2,2H3. The molecule has 0 bridgehead atoms. The molecule has 140 valence electrons. The minimum Gasteiger partial charge on any atom is -0.274 e. The highest BCUT2D eigenvalue weighted by molar-refractivity contribution is 7.83. The van der Waals surface area contributed by atoms with E-state index in [1.54, 1.807) is 6.08 Å². The molecule has 1 amide bonds. The highest BCUT2D eigenvalue weighted by Gasteiger charge is 2.12. The third kappa shape index (κ3) is 6.88. The molecule has 1 atom stereocenters. The lowest BCUT2D eigenvalue weighted by molar-refractivity contribution is -0.119. The van der Waals surface area contributed by atoms with Crippen molar-refractivity contribution in [1.82, 2.24) is 4.72 Å². The van der Waals surface area contributed by atoms with E-state index in [0.717, 1.165) is 28.8 Å². The molecule has 0 radical (unpaired) electrons. The van der Waals surface area contributed by atoms with Gasteiger partial charge < -0.3 is 0 Å². The Morgan fingerprint density at radius 1 is 1.15 bits per heavy atom. The van der Waals surface area contributed by atoms with E-state index in [1.165, 1.54) is 6.07 Å². The van der Waals surface area contributed by atoms with E-state index in [1.807, 2.05) is 39.0 Å². The molecule has 0 saturated heterocycles. The molecule has 0 aliphatic carbocycles. The van der Waals surface area contributed by atoms with Crippen LogP contribution in [-0.2, 0) is 22.2 Å². The van der Waals surface area contributed by atoms with Crippen LogP contribution in [0.4, 0.5) is 8.78 Å². The molecule has 2 aromatic carbocycles. The predicted octanol–water partition coefficient (Wildman–Crippen LogP) is 4.55. The topological polar surface area (TPSA) is 46.2 Å². The van der Waals surface area contributed by atoms with Gasteiger partial charge in [-0.3, -0.25) is 9.52 Å². The van der Waals surface area contributed by atoms with Gasteiger partial charge in [-0.05, 0) is 56.5 Å². The lowest BCUT2D eigenvalue weighted by atomic mass is 10.0. The smallest absolute Gasteiger partial charge is 0.232 e. The largest absolute Gasteiger partial charge is 0.274 e. The third-order valence-corrected chi connectivity index (χ3v) is 4.53. The summed E-state index contributed by atoms with van der Waals surface area (Å²) in [6.07, 6.45) is 2.44. The van der Waals surface area contributed by atoms with Gasteiger partial charge in [-0.2, -0.15) is 0 Å². The fourth-order valence-corrected chi connectivity index (χ4v) is 3.01. The molecule has 2 aromatic rings. The molecule has 0 spiro atoms. The number of aryl methyl sites for hydroxylation is 3. The highest BCUT2D eigenvalue weighted by atomic mass is 32.2. The number of nitrogens with one attached hydrogen (secondary N) is 1. The molecule has 1 N–H and O–H groups in total. The second kappa shape index (κ2) is 10.6. The quantitative estimate of drug-likeness (QED) is 0.775. The van der Waals surface area contributed by atoms with Crippen molar-refractivity contribution in [1.29, 1.82) is 0 Å². The molecule has 0 aromatic heterocycles. The minimum atomic E-state index is -1.91. The SMILES string of the molecule is C=CC.Cc1ccc(CCC(=O)NS(=O)c2ccc(F)c(F)c2)c(C)c1. The molecule has 1 unspecified atom stereocenters.